The summed E-state index contributed by atoms with van der Waals surface area (Å²) in [7, 11) is 3.74. The number of carbonyl (C=O) groups is 1. The number of pyridine rings is 1. The van der Waals surface area contributed by atoms with Gasteiger partial charge < -0.3 is 25.4 Å². The summed E-state index contributed by atoms with van der Waals surface area (Å²) < 4.78 is 18.3. The van der Waals surface area contributed by atoms with Crippen molar-refractivity contribution in [2.24, 2.45) is 0 Å². The van der Waals surface area contributed by atoms with Gasteiger partial charge >= 0.3 is 6.03 Å². The predicted octanol–water partition coefficient (Wildman–Crippen LogP) is 1.85. The van der Waals surface area contributed by atoms with E-state index in [0.29, 0.717) is 11.4 Å². The lowest BCUT2D eigenvalue weighted by Crippen LogP contribution is -2.37. The molecule has 0 saturated carbocycles. The van der Waals surface area contributed by atoms with Crippen LogP contribution in [0.15, 0.2) is 42.6 Å². The molecule has 1 atom stereocenters. The fraction of sp³-hybridized carbons (Fsp3) is 0.294. The lowest BCUT2D eigenvalue weighted by atomic mass is 10.3. The molecular weight excluding hydrogens is 327 g/mol. The molecule has 0 unspecified atom stereocenters. The summed E-state index contributed by atoms with van der Waals surface area (Å²) in [5.74, 6) is 0.671. The van der Waals surface area contributed by atoms with Crippen molar-refractivity contribution in [2.45, 2.75) is 6.10 Å². The van der Waals surface area contributed by atoms with Crippen molar-refractivity contribution in [2.75, 3.05) is 37.5 Å². The number of aromatic nitrogens is 1. The van der Waals surface area contributed by atoms with E-state index in [1.807, 2.05) is 19.0 Å². The van der Waals surface area contributed by atoms with Crippen molar-refractivity contribution in [3.8, 4) is 5.75 Å². The summed E-state index contributed by atoms with van der Waals surface area (Å²) in [4.78, 5) is 17.8. The Kier molecular flexibility index (Phi) is 6.53. The van der Waals surface area contributed by atoms with Gasteiger partial charge in [0, 0.05) is 26.7 Å². The average Bonchev–Trinajstić information content (AvgIpc) is 2.58. The molecule has 0 bridgehead atoms. The number of nitrogens with one attached hydrogen (secondary N) is 2. The topological polar surface area (TPSA) is 86.7 Å². The first kappa shape index (κ1) is 18.5. The van der Waals surface area contributed by atoms with Crippen LogP contribution in [0.3, 0.4) is 0 Å². The Balaban J connectivity index is 1.71. The van der Waals surface area contributed by atoms with E-state index in [1.165, 1.54) is 18.2 Å². The molecule has 1 aromatic heterocycles. The minimum atomic E-state index is -0.928. The van der Waals surface area contributed by atoms with Gasteiger partial charge in [0.15, 0.2) is 0 Å². The highest BCUT2D eigenvalue weighted by Gasteiger charge is 2.09. The average molecular weight is 348 g/mol. The molecule has 134 valence electrons. The molecule has 0 aliphatic heterocycles. The molecule has 2 amide bonds. The quantitative estimate of drug-likeness (QED) is 0.711. The van der Waals surface area contributed by atoms with E-state index in [-0.39, 0.29) is 13.2 Å². The van der Waals surface area contributed by atoms with Gasteiger partial charge in [-0.1, -0.05) is 6.07 Å². The maximum absolute atomic E-state index is 13.0. The summed E-state index contributed by atoms with van der Waals surface area (Å²) in [6.07, 6.45) is 0.613. The molecule has 0 aliphatic rings. The maximum Gasteiger partial charge on any atom is 0.319 e. The SMILES string of the molecule is CN(C)c1ccc(NC(=O)NC[C@@H](O)COc2cccc(F)c2)cn1. The predicted molar refractivity (Wildman–Crippen MR) is 93.5 cm³/mol. The smallest absolute Gasteiger partial charge is 0.319 e. The van der Waals surface area contributed by atoms with Crippen LogP contribution in [0.4, 0.5) is 20.7 Å². The molecule has 7 nitrogen and oxygen atoms in total. The number of anilines is 2. The number of rotatable bonds is 7. The summed E-state index contributed by atoms with van der Waals surface area (Å²) in [6.45, 7) is -0.0762. The molecule has 2 aromatic rings. The Morgan fingerprint density at radius 1 is 1.36 bits per heavy atom. The number of benzene rings is 1. The molecule has 0 saturated heterocycles. The van der Waals surface area contributed by atoms with Gasteiger partial charge in [-0.25, -0.2) is 14.2 Å². The van der Waals surface area contributed by atoms with E-state index in [4.69, 9.17) is 4.74 Å². The van der Waals surface area contributed by atoms with Gasteiger partial charge in [0.1, 0.15) is 30.1 Å². The summed E-state index contributed by atoms with van der Waals surface area (Å²) >= 11 is 0. The van der Waals surface area contributed by atoms with Crippen LogP contribution in [0.2, 0.25) is 0 Å². The molecule has 0 aliphatic carbocycles. The second-order valence-corrected chi connectivity index (χ2v) is 5.56. The van der Waals surface area contributed by atoms with Crippen LogP contribution >= 0.6 is 0 Å². The molecule has 2 rings (SSSR count). The van der Waals surface area contributed by atoms with Gasteiger partial charge in [0.25, 0.3) is 0 Å². The zero-order valence-corrected chi connectivity index (χ0v) is 14.1. The van der Waals surface area contributed by atoms with Crippen molar-refractivity contribution in [3.63, 3.8) is 0 Å². The van der Waals surface area contributed by atoms with Gasteiger partial charge in [-0.05, 0) is 24.3 Å². The second-order valence-electron chi connectivity index (χ2n) is 5.56. The van der Waals surface area contributed by atoms with Crippen molar-refractivity contribution >= 4 is 17.5 Å². The molecule has 8 heteroatoms. The van der Waals surface area contributed by atoms with Gasteiger partial charge in [-0.15, -0.1) is 0 Å². The van der Waals surface area contributed by atoms with Gasteiger partial charge in [0.05, 0.1) is 11.9 Å². The normalized spacial score (nSPS) is 11.5. The lowest BCUT2D eigenvalue weighted by molar-refractivity contribution is 0.108. The minimum Gasteiger partial charge on any atom is -0.491 e. The lowest BCUT2D eigenvalue weighted by Gasteiger charge is -2.14. The van der Waals surface area contributed by atoms with E-state index < -0.39 is 18.0 Å². The van der Waals surface area contributed by atoms with Crippen molar-refractivity contribution in [3.05, 3.63) is 48.4 Å². The Bertz CT molecular complexity index is 695. The maximum atomic E-state index is 13.0. The number of halogens is 1. The molecule has 0 spiro atoms. The van der Waals surface area contributed by atoms with E-state index in [1.54, 1.807) is 24.4 Å². The number of carbonyl (C=O) groups excluding carboxylic acids is 1. The first-order chi connectivity index (χ1) is 11.9. The third-order valence-corrected chi connectivity index (χ3v) is 3.20. The van der Waals surface area contributed by atoms with Crippen LogP contribution in [0, 0.1) is 5.82 Å². The standard InChI is InChI=1S/C17H21FN4O3/c1-22(2)16-7-6-13(9-19-16)21-17(24)20-10-14(23)11-25-15-5-3-4-12(18)8-15/h3-9,14,23H,10-11H2,1-2H3,(H2,20,21,24)/t14-/m1/s1. The number of amides is 2. The summed E-state index contributed by atoms with van der Waals surface area (Å²) in [5.41, 5.74) is 0.536. The van der Waals surface area contributed by atoms with Crippen LogP contribution in [0.1, 0.15) is 0 Å². The highest BCUT2D eigenvalue weighted by atomic mass is 19.1. The number of hydrogen-bond donors (Lipinski definition) is 3. The number of nitrogens with zero attached hydrogens (tertiary/aromatic N) is 2. The summed E-state index contributed by atoms with van der Waals surface area (Å²) in [6, 6.07) is 8.65. The highest BCUT2D eigenvalue weighted by molar-refractivity contribution is 5.89. The molecule has 0 fully saturated rings. The molecule has 3 N–H and O–H groups in total. The molecule has 0 radical (unpaired) electrons. The van der Waals surface area contributed by atoms with Crippen molar-refractivity contribution in [1.29, 1.82) is 0 Å². The Labute approximate surface area is 145 Å². The van der Waals surface area contributed by atoms with E-state index in [9.17, 15) is 14.3 Å². The number of aliphatic hydroxyl groups excluding tert-OH is 1. The van der Waals surface area contributed by atoms with Gasteiger partial charge in [-0.3, -0.25) is 0 Å². The van der Waals surface area contributed by atoms with Gasteiger partial charge in [-0.2, -0.15) is 0 Å². The minimum absolute atomic E-state index is 0.00956. The first-order valence-electron chi connectivity index (χ1n) is 7.68. The number of hydrogen-bond acceptors (Lipinski definition) is 5. The van der Waals surface area contributed by atoms with E-state index >= 15 is 0 Å². The summed E-state index contributed by atoms with van der Waals surface area (Å²) in [5, 5.41) is 14.9. The number of urea groups is 1. The monoisotopic (exact) mass is 348 g/mol. The molecule has 1 heterocycles. The van der Waals surface area contributed by atoms with Gasteiger partial charge in [0.2, 0.25) is 0 Å². The Morgan fingerprint density at radius 2 is 2.16 bits per heavy atom. The van der Waals surface area contributed by atoms with E-state index in [0.717, 1.165) is 5.82 Å². The van der Waals surface area contributed by atoms with Crippen LogP contribution in [-0.4, -0.2) is 49.5 Å². The Hall–Kier alpha value is -2.87. The van der Waals surface area contributed by atoms with Crippen LogP contribution < -0.4 is 20.3 Å². The fourth-order valence-electron chi connectivity index (χ4n) is 1.92. The second kappa shape index (κ2) is 8.84. The zero-order chi connectivity index (χ0) is 18.2. The third-order valence-electron chi connectivity index (χ3n) is 3.20. The van der Waals surface area contributed by atoms with Crippen LogP contribution in [-0.2, 0) is 0 Å². The molecular formula is C17H21FN4O3. The molecule has 1 aromatic carbocycles. The molecule has 25 heavy (non-hydrogen) atoms. The van der Waals surface area contributed by atoms with Crippen molar-refractivity contribution < 1.29 is 19.0 Å². The Morgan fingerprint density at radius 3 is 2.80 bits per heavy atom. The van der Waals surface area contributed by atoms with Crippen molar-refractivity contribution in [1.82, 2.24) is 10.3 Å². The third kappa shape index (κ3) is 6.27. The van der Waals surface area contributed by atoms with Crippen LogP contribution in [0.5, 0.6) is 5.75 Å². The van der Waals surface area contributed by atoms with Crippen LogP contribution in [0.25, 0.3) is 0 Å². The number of ether oxygens (including phenoxy) is 1. The van der Waals surface area contributed by atoms with E-state index in [2.05, 4.69) is 15.6 Å². The first-order valence-corrected chi connectivity index (χ1v) is 7.68. The fourth-order valence-corrected chi connectivity index (χ4v) is 1.92. The zero-order valence-electron chi connectivity index (χ0n) is 14.1. The highest BCUT2D eigenvalue weighted by Crippen LogP contribution is 2.12. The largest absolute Gasteiger partial charge is 0.491 e. The number of aliphatic hydroxyl groups is 1.